The number of aryl methyl sites for hydroxylation is 1. The number of nitriles is 1. The highest BCUT2D eigenvalue weighted by Crippen LogP contribution is 2.30. The molecule has 0 saturated carbocycles. The topological polar surface area (TPSA) is 35.8 Å². The molecule has 0 amide bonds. The van der Waals surface area contributed by atoms with E-state index in [1.54, 1.807) is 23.5 Å². The van der Waals surface area contributed by atoms with Crippen LogP contribution in [0.15, 0.2) is 28.7 Å². The minimum atomic E-state index is -0.431. The normalized spacial score (nSPS) is 11.9. The molecule has 1 N–H and O–H groups in total. The summed E-state index contributed by atoms with van der Waals surface area (Å²) in [4.78, 5) is 2.38. The smallest absolute Gasteiger partial charge is 0.161 e. The van der Waals surface area contributed by atoms with Gasteiger partial charge in [-0.15, -0.1) is 11.3 Å². The Morgan fingerprint density at radius 2 is 2.11 bits per heavy atom. The van der Waals surface area contributed by atoms with Crippen LogP contribution >= 0.6 is 27.3 Å². The molecule has 5 heteroatoms. The van der Waals surface area contributed by atoms with Crippen LogP contribution in [0.5, 0.6) is 0 Å². The van der Waals surface area contributed by atoms with Crippen LogP contribution in [-0.4, -0.2) is 0 Å². The Morgan fingerprint density at radius 1 is 1.37 bits per heavy atom. The Balaban J connectivity index is 2.25. The highest BCUT2D eigenvalue weighted by Gasteiger charge is 2.14. The van der Waals surface area contributed by atoms with E-state index in [-0.39, 0.29) is 10.5 Å². The molecule has 2 rings (SSSR count). The molecular weight excluding hydrogens is 327 g/mol. The molecule has 1 heterocycles. The number of anilines is 1. The van der Waals surface area contributed by atoms with Crippen LogP contribution < -0.4 is 5.32 Å². The fourth-order valence-electron chi connectivity index (χ4n) is 1.74. The fraction of sp³-hybridized carbons (Fsp3) is 0.214. The van der Waals surface area contributed by atoms with E-state index in [0.717, 1.165) is 4.88 Å². The molecule has 0 fully saturated rings. The maximum atomic E-state index is 14.1. The van der Waals surface area contributed by atoms with Gasteiger partial charge in [-0.2, -0.15) is 5.26 Å². The zero-order valence-electron chi connectivity index (χ0n) is 10.5. The Hall–Kier alpha value is -1.38. The second-order valence-corrected chi connectivity index (χ2v) is 6.33. The molecule has 0 aliphatic rings. The molecule has 2 aromatic rings. The van der Waals surface area contributed by atoms with Gasteiger partial charge in [-0.1, -0.05) is 0 Å². The highest BCUT2D eigenvalue weighted by atomic mass is 79.9. The summed E-state index contributed by atoms with van der Waals surface area (Å²) in [5, 5.41) is 12.0. The molecule has 98 valence electrons. The van der Waals surface area contributed by atoms with E-state index in [4.69, 9.17) is 5.26 Å². The van der Waals surface area contributed by atoms with Gasteiger partial charge in [-0.05, 0) is 54.0 Å². The third-order valence-corrected chi connectivity index (χ3v) is 4.72. The van der Waals surface area contributed by atoms with E-state index in [0.29, 0.717) is 11.3 Å². The Kier molecular flexibility index (Phi) is 4.23. The number of halogens is 2. The monoisotopic (exact) mass is 338 g/mol. The van der Waals surface area contributed by atoms with Gasteiger partial charge in [-0.25, -0.2) is 4.39 Å². The average Bonchev–Trinajstić information content (AvgIpc) is 2.82. The first-order valence-corrected chi connectivity index (χ1v) is 7.35. The molecule has 0 saturated heterocycles. The lowest BCUT2D eigenvalue weighted by Crippen LogP contribution is -2.07. The van der Waals surface area contributed by atoms with Gasteiger partial charge < -0.3 is 5.32 Å². The van der Waals surface area contributed by atoms with Gasteiger partial charge in [0.1, 0.15) is 6.07 Å². The number of hydrogen-bond donors (Lipinski definition) is 1. The zero-order chi connectivity index (χ0) is 14.0. The number of nitrogens with zero attached hydrogens (tertiary/aromatic N) is 1. The van der Waals surface area contributed by atoms with Crippen LogP contribution in [-0.2, 0) is 0 Å². The molecule has 1 aromatic heterocycles. The van der Waals surface area contributed by atoms with Crippen molar-refractivity contribution in [2.75, 3.05) is 5.32 Å². The highest BCUT2D eigenvalue weighted by molar-refractivity contribution is 9.10. The number of thiophene rings is 1. The number of rotatable bonds is 3. The van der Waals surface area contributed by atoms with Gasteiger partial charge in [0.25, 0.3) is 0 Å². The summed E-state index contributed by atoms with van der Waals surface area (Å²) in [5.41, 5.74) is 0.687. The van der Waals surface area contributed by atoms with Crippen molar-refractivity contribution in [2.24, 2.45) is 0 Å². The second kappa shape index (κ2) is 5.72. The molecule has 1 atom stereocenters. The third-order valence-electron chi connectivity index (χ3n) is 2.76. The van der Waals surface area contributed by atoms with Crippen molar-refractivity contribution in [1.29, 1.82) is 5.26 Å². The van der Waals surface area contributed by atoms with Crippen molar-refractivity contribution in [3.8, 4) is 6.07 Å². The number of benzene rings is 1. The molecule has 19 heavy (non-hydrogen) atoms. The lowest BCUT2D eigenvalue weighted by Gasteiger charge is -2.15. The summed E-state index contributed by atoms with van der Waals surface area (Å²) >= 11 is 4.79. The van der Waals surface area contributed by atoms with Gasteiger partial charge in [0.2, 0.25) is 0 Å². The molecule has 1 aromatic carbocycles. The lowest BCUT2D eigenvalue weighted by atomic mass is 10.2. The van der Waals surface area contributed by atoms with Crippen molar-refractivity contribution < 1.29 is 4.39 Å². The van der Waals surface area contributed by atoms with E-state index < -0.39 is 5.82 Å². The van der Waals surface area contributed by atoms with Crippen LogP contribution in [0, 0.1) is 24.1 Å². The summed E-state index contributed by atoms with van der Waals surface area (Å²) in [6.07, 6.45) is 0. The predicted molar refractivity (Wildman–Crippen MR) is 79.9 cm³/mol. The van der Waals surface area contributed by atoms with Gasteiger partial charge in [0.15, 0.2) is 5.82 Å². The first-order valence-electron chi connectivity index (χ1n) is 5.74. The first kappa shape index (κ1) is 14.0. The summed E-state index contributed by atoms with van der Waals surface area (Å²) in [5.74, 6) is -0.431. The van der Waals surface area contributed by atoms with Crippen molar-refractivity contribution in [3.05, 3.63) is 49.9 Å². The van der Waals surface area contributed by atoms with E-state index in [9.17, 15) is 4.39 Å². The first-order chi connectivity index (χ1) is 9.02. The predicted octanol–water partition coefficient (Wildman–Crippen LogP) is 5.00. The summed E-state index contributed by atoms with van der Waals surface area (Å²) in [6, 6.07) is 9.23. The van der Waals surface area contributed by atoms with Crippen molar-refractivity contribution in [3.63, 3.8) is 0 Å². The molecule has 0 radical (unpaired) electrons. The summed E-state index contributed by atoms with van der Waals surface area (Å²) in [6.45, 7) is 4.02. The maximum Gasteiger partial charge on any atom is 0.161 e. The van der Waals surface area contributed by atoms with Crippen LogP contribution in [0.3, 0.4) is 0 Å². The van der Waals surface area contributed by atoms with Gasteiger partial charge in [0.05, 0.1) is 21.8 Å². The van der Waals surface area contributed by atoms with Gasteiger partial charge in [-0.3, -0.25) is 0 Å². The summed E-state index contributed by atoms with van der Waals surface area (Å²) < 4.78 is 14.3. The van der Waals surface area contributed by atoms with Gasteiger partial charge >= 0.3 is 0 Å². The maximum absolute atomic E-state index is 14.1. The number of nitrogens with one attached hydrogen (secondary N) is 1. The quantitative estimate of drug-likeness (QED) is 0.854. The molecule has 0 spiro atoms. The van der Waals surface area contributed by atoms with Crippen LogP contribution in [0.4, 0.5) is 10.1 Å². The standard InChI is InChI=1S/C14H12BrFN2S/c1-8-3-6-12(19-8)9(2)18-11-5-4-10(7-17)13(15)14(11)16/h3-6,9,18H,1-2H3. The van der Waals surface area contributed by atoms with E-state index in [2.05, 4.69) is 21.2 Å². The van der Waals surface area contributed by atoms with Crippen molar-refractivity contribution >= 4 is 33.0 Å². The molecule has 0 aliphatic heterocycles. The zero-order valence-corrected chi connectivity index (χ0v) is 12.9. The van der Waals surface area contributed by atoms with Gasteiger partial charge in [0, 0.05) is 9.75 Å². The molecule has 2 nitrogen and oxygen atoms in total. The lowest BCUT2D eigenvalue weighted by molar-refractivity contribution is 0.620. The minimum absolute atomic E-state index is 0.0213. The Labute approximate surface area is 124 Å². The Bertz CT molecular complexity index is 645. The van der Waals surface area contributed by atoms with Crippen molar-refractivity contribution in [2.45, 2.75) is 19.9 Å². The fourth-order valence-corrected chi connectivity index (χ4v) is 3.05. The Morgan fingerprint density at radius 3 is 2.68 bits per heavy atom. The third kappa shape index (κ3) is 2.96. The summed E-state index contributed by atoms with van der Waals surface area (Å²) in [7, 11) is 0. The molecule has 0 aliphatic carbocycles. The molecule has 0 bridgehead atoms. The molecular formula is C14H12BrFN2S. The van der Waals surface area contributed by atoms with E-state index in [1.165, 1.54) is 4.88 Å². The SMILES string of the molecule is Cc1ccc(C(C)Nc2ccc(C#N)c(Br)c2F)s1. The van der Waals surface area contributed by atoms with Crippen LogP contribution in [0.25, 0.3) is 0 Å². The van der Waals surface area contributed by atoms with E-state index in [1.807, 2.05) is 32.0 Å². The van der Waals surface area contributed by atoms with Crippen molar-refractivity contribution in [1.82, 2.24) is 0 Å². The van der Waals surface area contributed by atoms with Crippen LogP contribution in [0.2, 0.25) is 0 Å². The van der Waals surface area contributed by atoms with E-state index >= 15 is 0 Å². The second-order valence-electron chi connectivity index (χ2n) is 4.21. The minimum Gasteiger partial charge on any atom is -0.375 e. The van der Waals surface area contributed by atoms with Crippen LogP contribution in [0.1, 0.15) is 28.3 Å². The number of hydrogen-bond acceptors (Lipinski definition) is 3. The molecule has 1 unspecified atom stereocenters. The largest absolute Gasteiger partial charge is 0.375 e. The average molecular weight is 339 g/mol.